The number of nitrogens with zero attached hydrogens (tertiary/aromatic N) is 2. The summed E-state index contributed by atoms with van der Waals surface area (Å²) in [6.45, 7) is 11.0. The van der Waals surface area contributed by atoms with E-state index in [2.05, 4.69) is 31.9 Å². The van der Waals surface area contributed by atoms with Crippen molar-refractivity contribution in [3.05, 3.63) is 62.9 Å². The quantitative estimate of drug-likeness (QED) is 0.235. The zero-order valence-corrected chi connectivity index (χ0v) is 22.3. The van der Waals surface area contributed by atoms with E-state index in [0.717, 1.165) is 10.9 Å². The fraction of sp³-hybridized carbons (Fsp3) is 0.407. The van der Waals surface area contributed by atoms with E-state index in [0.29, 0.717) is 34.6 Å². The number of rotatable bonds is 6. The Labute approximate surface area is 210 Å². The second kappa shape index (κ2) is 8.47. The number of aliphatic hydroxyl groups is 1. The number of para-hydroxylation sites is 1. The van der Waals surface area contributed by atoms with E-state index in [4.69, 9.17) is 9.72 Å². The van der Waals surface area contributed by atoms with Crippen LogP contribution in [0.15, 0.2) is 35.1 Å². The molecule has 2 N–H and O–H groups in total. The first kappa shape index (κ1) is 24.5. The van der Waals surface area contributed by atoms with Crippen molar-refractivity contribution in [1.82, 2.24) is 14.9 Å². The molecule has 0 saturated carbocycles. The molecule has 0 amide bonds. The summed E-state index contributed by atoms with van der Waals surface area (Å²) in [6.07, 6.45) is 0.0846. The van der Waals surface area contributed by atoms with Crippen LogP contribution in [0.3, 0.4) is 0 Å². The maximum atomic E-state index is 13.4. The van der Waals surface area contributed by atoms with Crippen molar-refractivity contribution in [3.8, 4) is 11.4 Å². The SMILES string of the molecule is CC[C@@]1(O)C(=O)OCc2c1cc1n(c2=O)Cc2cc3cccc(C(=O)CNC(C)[Si](C)(C)C)c3nc2-1. The molecule has 0 radical (unpaired) electrons. The van der Waals surface area contributed by atoms with Gasteiger partial charge in [0.1, 0.15) is 6.61 Å². The summed E-state index contributed by atoms with van der Waals surface area (Å²) in [6, 6.07) is 9.20. The van der Waals surface area contributed by atoms with Gasteiger partial charge in [-0.15, -0.1) is 0 Å². The summed E-state index contributed by atoms with van der Waals surface area (Å²) in [5.41, 5.74) is 1.75. The summed E-state index contributed by atoms with van der Waals surface area (Å²) < 4.78 is 6.74. The molecule has 0 bridgehead atoms. The van der Waals surface area contributed by atoms with Crippen molar-refractivity contribution in [2.45, 2.75) is 64.3 Å². The number of hydrogen-bond acceptors (Lipinski definition) is 7. The zero-order valence-electron chi connectivity index (χ0n) is 21.3. The third kappa shape index (κ3) is 3.73. The minimum Gasteiger partial charge on any atom is -0.458 e. The third-order valence-electron chi connectivity index (χ3n) is 7.71. The van der Waals surface area contributed by atoms with E-state index in [9.17, 15) is 19.5 Å². The molecule has 0 spiro atoms. The van der Waals surface area contributed by atoms with Crippen LogP contribution >= 0.6 is 0 Å². The van der Waals surface area contributed by atoms with Crippen molar-refractivity contribution in [2.75, 3.05) is 6.54 Å². The predicted molar refractivity (Wildman–Crippen MR) is 140 cm³/mol. The van der Waals surface area contributed by atoms with Gasteiger partial charge in [-0.1, -0.05) is 45.6 Å². The number of aromatic nitrogens is 2. The average Bonchev–Trinajstić information content (AvgIpc) is 3.20. The molecular formula is C27H31N3O5Si. The van der Waals surface area contributed by atoms with E-state index in [1.807, 2.05) is 18.2 Å². The van der Waals surface area contributed by atoms with Crippen LogP contribution in [0, 0.1) is 0 Å². The number of carbonyl (C=O) groups is 2. The second-order valence-corrected chi connectivity index (χ2v) is 16.5. The summed E-state index contributed by atoms with van der Waals surface area (Å²) in [5.74, 6) is -0.790. The Morgan fingerprint density at radius 1 is 1.28 bits per heavy atom. The molecular weight excluding hydrogens is 474 g/mol. The lowest BCUT2D eigenvalue weighted by Gasteiger charge is -2.31. The lowest BCUT2D eigenvalue weighted by Crippen LogP contribution is -2.48. The van der Waals surface area contributed by atoms with Crippen molar-refractivity contribution in [2.24, 2.45) is 0 Å². The van der Waals surface area contributed by atoms with Crippen LogP contribution < -0.4 is 10.9 Å². The van der Waals surface area contributed by atoms with Crippen LogP contribution in [0.5, 0.6) is 0 Å². The molecule has 1 aromatic carbocycles. The highest BCUT2D eigenvalue weighted by molar-refractivity contribution is 6.77. The van der Waals surface area contributed by atoms with Gasteiger partial charge in [0.2, 0.25) is 0 Å². The van der Waals surface area contributed by atoms with Gasteiger partial charge in [-0.05, 0) is 30.3 Å². The third-order valence-corrected chi connectivity index (χ3v) is 10.5. The van der Waals surface area contributed by atoms with Crippen LogP contribution in [0.25, 0.3) is 22.3 Å². The second-order valence-electron chi connectivity index (χ2n) is 10.9. The maximum Gasteiger partial charge on any atom is 0.343 e. The van der Waals surface area contributed by atoms with Crippen molar-refractivity contribution in [1.29, 1.82) is 0 Å². The van der Waals surface area contributed by atoms with Gasteiger partial charge >= 0.3 is 5.97 Å². The Bertz CT molecular complexity index is 1490. The molecule has 2 aliphatic rings. The fourth-order valence-electron chi connectivity index (χ4n) is 4.88. The number of ketones is 1. The molecule has 0 fully saturated rings. The van der Waals surface area contributed by atoms with E-state index in [1.54, 1.807) is 23.6 Å². The standard InChI is InChI=1S/C27H31N3O5Si/c1-6-27(34)20-11-21-24-17(13-30(21)25(32)19(20)14-35-26(27)33)10-16-8-7-9-18(23(16)29-24)22(31)12-28-15(2)36(3,4)5/h7-11,15,28,34H,6,12-14H2,1-5H3/t15?,27-/m0/s1. The Morgan fingerprint density at radius 3 is 2.72 bits per heavy atom. The molecule has 3 aromatic rings. The summed E-state index contributed by atoms with van der Waals surface area (Å²) in [5, 5.41) is 15.3. The monoisotopic (exact) mass is 505 g/mol. The molecule has 9 heteroatoms. The predicted octanol–water partition coefficient (Wildman–Crippen LogP) is 3.12. The minimum absolute atomic E-state index is 0.0397. The van der Waals surface area contributed by atoms with Gasteiger partial charge in [0.15, 0.2) is 11.4 Å². The number of esters is 1. The minimum atomic E-state index is -1.87. The smallest absolute Gasteiger partial charge is 0.343 e. The van der Waals surface area contributed by atoms with E-state index in [-0.39, 0.29) is 42.1 Å². The number of ether oxygens (including phenoxy) is 1. The summed E-state index contributed by atoms with van der Waals surface area (Å²) in [7, 11) is -1.44. The van der Waals surface area contributed by atoms with Crippen molar-refractivity contribution >= 4 is 30.7 Å². The normalized spacial score (nSPS) is 19.4. The summed E-state index contributed by atoms with van der Waals surface area (Å²) >= 11 is 0. The van der Waals surface area contributed by atoms with Gasteiger partial charge < -0.3 is 19.7 Å². The highest BCUT2D eigenvalue weighted by Crippen LogP contribution is 2.38. The van der Waals surface area contributed by atoms with Gasteiger partial charge in [-0.3, -0.25) is 9.59 Å². The lowest BCUT2D eigenvalue weighted by molar-refractivity contribution is -0.172. The van der Waals surface area contributed by atoms with Crippen molar-refractivity contribution < 1.29 is 19.4 Å². The molecule has 8 nitrogen and oxygen atoms in total. The van der Waals surface area contributed by atoms with Gasteiger partial charge in [0.05, 0.1) is 43.6 Å². The number of nitrogens with one attached hydrogen (secondary N) is 1. The first-order chi connectivity index (χ1) is 17.0. The van der Waals surface area contributed by atoms with Crippen molar-refractivity contribution in [3.63, 3.8) is 0 Å². The Kier molecular flexibility index (Phi) is 5.77. The number of hydrogen-bond donors (Lipinski definition) is 2. The van der Waals surface area contributed by atoms with Gasteiger partial charge in [-0.25, -0.2) is 9.78 Å². The number of fused-ring (bicyclic) bond motifs is 5. The van der Waals surface area contributed by atoms with E-state index in [1.165, 1.54) is 0 Å². The lowest BCUT2D eigenvalue weighted by atomic mass is 9.86. The van der Waals surface area contributed by atoms with Crippen LogP contribution in [0.1, 0.15) is 47.3 Å². The van der Waals surface area contributed by atoms with E-state index >= 15 is 0 Å². The van der Waals surface area contributed by atoms with Crippen LogP contribution in [0.4, 0.5) is 0 Å². The molecule has 2 atom stereocenters. The molecule has 2 aliphatic heterocycles. The molecule has 0 saturated heterocycles. The van der Waals surface area contributed by atoms with Crippen LogP contribution in [-0.4, -0.2) is 46.7 Å². The Hall–Kier alpha value is -3.14. The first-order valence-corrected chi connectivity index (χ1v) is 15.9. The van der Waals surface area contributed by atoms with Gasteiger partial charge in [-0.2, -0.15) is 0 Å². The highest BCUT2D eigenvalue weighted by Gasteiger charge is 2.45. The number of carbonyl (C=O) groups excluding carboxylic acids is 2. The number of Topliss-reactive ketones (excluding diaryl/α,β-unsaturated/α-hetero) is 1. The topological polar surface area (TPSA) is 111 Å². The molecule has 2 aromatic heterocycles. The average molecular weight is 506 g/mol. The van der Waals surface area contributed by atoms with Crippen LogP contribution in [-0.2, 0) is 28.3 Å². The molecule has 36 heavy (non-hydrogen) atoms. The molecule has 4 heterocycles. The Balaban J connectivity index is 1.60. The maximum absolute atomic E-state index is 13.4. The Morgan fingerprint density at radius 2 is 2.03 bits per heavy atom. The largest absolute Gasteiger partial charge is 0.458 e. The van der Waals surface area contributed by atoms with Crippen LogP contribution in [0.2, 0.25) is 19.6 Å². The molecule has 188 valence electrons. The number of benzene rings is 1. The molecule has 0 aliphatic carbocycles. The zero-order chi connectivity index (χ0) is 26.0. The highest BCUT2D eigenvalue weighted by atomic mass is 28.3. The number of cyclic esters (lactones) is 1. The van der Waals surface area contributed by atoms with Gasteiger partial charge in [0.25, 0.3) is 5.56 Å². The molecule has 1 unspecified atom stereocenters. The van der Waals surface area contributed by atoms with Gasteiger partial charge in [0, 0.05) is 22.1 Å². The van der Waals surface area contributed by atoms with E-state index < -0.39 is 19.6 Å². The fourth-order valence-corrected chi connectivity index (χ4v) is 5.59. The first-order valence-electron chi connectivity index (χ1n) is 12.3. The molecule has 5 rings (SSSR count). The number of pyridine rings is 2. The summed E-state index contributed by atoms with van der Waals surface area (Å²) in [4.78, 5) is 43.8.